The quantitative estimate of drug-likeness (QED) is 0.407. The standard InChI is InChI=1S/C31H38FN7O3/c1-21-16-22(7-8-23(21)17-34-29(41)28-35-30(42-36-28)31(2,3)4)25-9-10-33-18-26(25)38-12-14-39(15-13-38)27(40)6-5-11-37-19-24(32)20-37/h5-10,16,18,24H,11-15,17,19-20H2,1-4H3,(H,34,41). The lowest BCUT2D eigenvalue weighted by Crippen LogP contribution is -2.49. The average molecular weight is 576 g/mol. The van der Waals surface area contributed by atoms with Gasteiger partial charge in [0.1, 0.15) is 6.17 Å². The second-order valence-corrected chi connectivity index (χ2v) is 11.9. The van der Waals surface area contributed by atoms with Gasteiger partial charge in [-0.1, -0.05) is 50.2 Å². The normalized spacial score (nSPS) is 16.6. The number of carbonyl (C=O) groups excluding carboxylic acids is 2. The maximum Gasteiger partial charge on any atom is 0.292 e. The zero-order chi connectivity index (χ0) is 29.9. The monoisotopic (exact) mass is 575 g/mol. The van der Waals surface area contributed by atoms with Crippen molar-refractivity contribution in [1.82, 2.24) is 30.2 Å². The number of likely N-dealkylation sites (tertiary alicyclic amines) is 1. The summed E-state index contributed by atoms with van der Waals surface area (Å²) in [4.78, 5) is 39.9. The van der Waals surface area contributed by atoms with Gasteiger partial charge in [0.25, 0.3) is 11.7 Å². The van der Waals surface area contributed by atoms with Crippen LogP contribution in [-0.4, -0.2) is 88.7 Å². The second-order valence-electron chi connectivity index (χ2n) is 11.9. The smallest absolute Gasteiger partial charge is 0.292 e. The summed E-state index contributed by atoms with van der Waals surface area (Å²) in [6.07, 6.45) is 6.35. The number of anilines is 1. The van der Waals surface area contributed by atoms with Crippen LogP contribution >= 0.6 is 0 Å². The van der Waals surface area contributed by atoms with Crippen molar-refractivity contribution in [3.05, 3.63) is 71.7 Å². The van der Waals surface area contributed by atoms with Crippen molar-refractivity contribution >= 4 is 17.5 Å². The summed E-state index contributed by atoms with van der Waals surface area (Å²) >= 11 is 0. The number of nitrogens with zero attached hydrogens (tertiary/aromatic N) is 6. The summed E-state index contributed by atoms with van der Waals surface area (Å²) < 4.78 is 18.2. The van der Waals surface area contributed by atoms with Crippen molar-refractivity contribution in [2.24, 2.45) is 0 Å². The Morgan fingerprint density at radius 3 is 2.57 bits per heavy atom. The van der Waals surface area contributed by atoms with Gasteiger partial charge in [-0.25, -0.2) is 4.39 Å². The number of carbonyl (C=O) groups is 2. The molecule has 3 aromatic rings. The van der Waals surface area contributed by atoms with E-state index in [1.54, 1.807) is 12.3 Å². The summed E-state index contributed by atoms with van der Waals surface area (Å²) in [6, 6.07) is 8.18. The van der Waals surface area contributed by atoms with Gasteiger partial charge in [-0.2, -0.15) is 4.98 Å². The predicted octanol–water partition coefficient (Wildman–Crippen LogP) is 3.53. The minimum Gasteiger partial charge on any atom is -0.366 e. The maximum atomic E-state index is 13.0. The number of rotatable bonds is 8. The van der Waals surface area contributed by atoms with Gasteiger partial charge in [-0.05, 0) is 29.7 Å². The van der Waals surface area contributed by atoms with Crippen molar-refractivity contribution < 1.29 is 18.5 Å². The van der Waals surface area contributed by atoms with E-state index in [2.05, 4.69) is 31.4 Å². The van der Waals surface area contributed by atoms with Gasteiger partial charge >= 0.3 is 0 Å². The highest BCUT2D eigenvalue weighted by atomic mass is 19.1. The van der Waals surface area contributed by atoms with Crippen LogP contribution in [0.2, 0.25) is 0 Å². The number of hydrogen-bond acceptors (Lipinski definition) is 8. The van der Waals surface area contributed by atoms with Crippen LogP contribution in [0.4, 0.5) is 10.1 Å². The molecule has 0 bridgehead atoms. The molecule has 2 aliphatic heterocycles. The lowest BCUT2D eigenvalue weighted by Gasteiger charge is -2.36. The van der Waals surface area contributed by atoms with E-state index < -0.39 is 6.17 Å². The van der Waals surface area contributed by atoms with Crippen LogP contribution in [0, 0.1) is 6.92 Å². The van der Waals surface area contributed by atoms with Crippen LogP contribution in [0.5, 0.6) is 0 Å². The number of aromatic nitrogens is 3. The molecule has 222 valence electrons. The highest BCUT2D eigenvalue weighted by Gasteiger charge is 2.26. The van der Waals surface area contributed by atoms with E-state index in [9.17, 15) is 14.0 Å². The molecule has 2 aliphatic rings. The number of aryl methyl sites for hydroxylation is 1. The molecule has 0 spiro atoms. The molecule has 4 heterocycles. The number of amides is 2. The van der Waals surface area contributed by atoms with Gasteiger partial charge in [0.15, 0.2) is 0 Å². The highest BCUT2D eigenvalue weighted by molar-refractivity contribution is 5.90. The van der Waals surface area contributed by atoms with Crippen LogP contribution in [-0.2, 0) is 16.8 Å². The Balaban J connectivity index is 1.18. The molecule has 1 aromatic carbocycles. The molecular formula is C31H38FN7O3. The molecule has 0 atom stereocenters. The highest BCUT2D eigenvalue weighted by Crippen LogP contribution is 2.32. The third kappa shape index (κ3) is 6.84. The minimum absolute atomic E-state index is 0.00865. The molecule has 11 heteroatoms. The van der Waals surface area contributed by atoms with Crippen molar-refractivity contribution in [1.29, 1.82) is 0 Å². The number of nitrogens with one attached hydrogen (secondary N) is 1. The van der Waals surface area contributed by atoms with Crippen LogP contribution in [0.25, 0.3) is 11.1 Å². The fourth-order valence-electron chi connectivity index (χ4n) is 5.05. The van der Waals surface area contributed by atoms with Crippen molar-refractivity contribution in [3.8, 4) is 11.1 Å². The van der Waals surface area contributed by atoms with E-state index in [0.29, 0.717) is 58.2 Å². The Bertz CT molecular complexity index is 1450. The van der Waals surface area contributed by atoms with Gasteiger partial charge < -0.3 is 19.6 Å². The fraction of sp³-hybridized carbons (Fsp3) is 0.452. The number of hydrogen-bond donors (Lipinski definition) is 1. The molecule has 0 radical (unpaired) electrons. The summed E-state index contributed by atoms with van der Waals surface area (Å²) in [5.41, 5.74) is 4.83. The second kappa shape index (κ2) is 12.4. The van der Waals surface area contributed by atoms with E-state index in [4.69, 9.17) is 4.52 Å². The maximum absolute atomic E-state index is 13.0. The van der Waals surface area contributed by atoms with Crippen molar-refractivity contribution in [2.45, 2.75) is 45.8 Å². The molecular weight excluding hydrogens is 537 g/mol. The Morgan fingerprint density at radius 1 is 1.14 bits per heavy atom. The van der Waals surface area contributed by atoms with Crippen molar-refractivity contribution in [2.75, 3.05) is 50.7 Å². The first-order valence-electron chi connectivity index (χ1n) is 14.3. The molecule has 2 fully saturated rings. The number of halogens is 1. The SMILES string of the molecule is Cc1cc(-c2ccncc2N2CCN(C(=O)C=CCN3CC(F)C3)CC2)ccc1CNC(=O)c1noc(C(C)(C)C)n1. The van der Waals surface area contributed by atoms with Crippen LogP contribution in [0.3, 0.4) is 0 Å². The largest absolute Gasteiger partial charge is 0.366 e. The molecule has 10 nitrogen and oxygen atoms in total. The van der Waals surface area contributed by atoms with Gasteiger partial charge in [-0.15, -0.1) is 0 Å². The third-order valence-electron chi connectivity index (χ3n) is 7.63. The van der Waals surface area contributed by atoms with Crippen LogP contribution < -0.4 is 10.2 Å². The Hall–Kier alpha value is -4.12. The summed E-state index contributed by atoms with van der Waals surface area (Å²) in [6.45, 7) is 12.3. The average Bonchev–Trinajstić information content (AvgIpc) is 3.47. The Morgan fingerprint density at radius 2 is 1.90 bits per heavy atom. The van der Waals surface area contributed by atoms with E-state index in [1.165, 1.54) is 0 Å². The summed E-state index contributed by atoms with van der Waals surface area (Å²) in [5.74, 6) is 0.0534. The summed E-state index contributed by atoms with van der Waals surface area (Å²) in [5, 5.41) is 6.71. The zero-order valence-corrected chi connectivity index (χ0v) is 24.6. The molecule has 0 aliphatic carbocycles. The van der Waals surface area contributed by atoms with Gasteiger partial charge in [0, 0.05) is 75.6 Å². The topological polar surface area (TPSA) is 108 Å². The number of piperazine rings is 1. The predicted molar refractivity (Wildman–Crippen MR) is 158 cm³/mol. The minimum atomic E-state index is -0.736. The molecule has 5 rings (SSSR count). The molecule has 0 unspecified atom stereocenters. The van der Waals surface area contributed by atoms with E-state index >= 15 is 0 Å². The van der Waals surface area contributed by atoms with Gasteiger partial charge in [0.2, 0.25) is 11.8 Å². The number of pyridine rings is 1. The molecule has 2 amide bonds. The third-order valence-corrected chi connectivity index (χ3v) is 7.63. The zero-order valence-electron chi connectivity index (χ0n) is 24.6. The van der Waals surface area contributed by atoms with E-state index in [-0.39, 0.29) is 23.1 Å². The van der Waals surface area contributed by atoms with Gasteiger partial charge in [0.05, 0.1) is 11.9 Å². The Labute approximate surface area is 245 Å². The number of alkyl halides is 1. The van der Waals surface area contributed by atoms with Gasteiger partial charge in [-0.3, -0.25) is 19.5 Å². The lowest BCUT2D eigenvalue weighted by atomic mass is 9.97. The first-order chi connectivity index (χ1) is 20.1. The van der Waals surface area contributed by atoms with Crippen molar-refractivity contribution in [3.63, 3.8) is 0 Å². The van der Waals surface area contributed by atoms with Crippen LogP contribution in [0.15, 0.2) is 53.3 Å². The number of benzene rings is 1. The fourth-order valence-corrected chi connectivity index (χ4v) is 5.05. The van der Waals surface area contributed by atoms with E-state index in [1.807, 2.05) is 68.0 Å². The van der Waals surface area contributed by atoms with Crippen LogP contribution in [0.1, 0.15) is 48.4 Å². The molecule has 2 saturated heterocycles. The molecule has 42 heavy (non-hydrogen) atoms. The lowest BCUT2D eigenvalue weighted by molar-refractivity contribution is -0.126. The molecule has 1 N–H and O–H groups in total. The molecule has 0 saturated carbocycles. The first kappa shape index (κ1) is 29.4. The Kier molecular flexibility index (Phi) is 8.67. The first-order valence-corrected chi connectivity index (χ1v) is 14.3. The van der Waals surface area contributed by atoms with E-state index in [0.717, 1.165) is 27.9 Å². The molecule has 2 aromatic heterocycles. The summed E-state index contributed by atoms with van der Waals surface area (Å²) in [7, 11) is 0.